The normalized spacial score (nSPS) is 18.0. The number of rotatable bonds is 4. The van der Waals surface area contributed by atoms with Gasteiger partial charge in [-0.2, -0.15) is 5.10 Å². The van der Waals surface area contributed by atoms with Crippen LogP contribution in [0.4, 0.5) is 5.82 Å². The molecule has 1 aliphatic rings. The molecule has 0 bridgehead atoms. The Morgan fingerprint density at radius 3 is 2.88 bits per heavy atom. The molecule has 2 N–H and O–H groups in total. The van der Waals surface area contributed by atoms with Crippen molar-refractivity contribution in [1.82, 2.24) is 19.7 Å². The Balaban J connectivity index is 1.73. The molecule has 1 unspecified atom stereocenters. The minimum Gasteiger partial charge on any atom is -0.366 e. The molecule has 0 spiro atoms. The SMILES string of the molecule is Cc1nc(C)n(CC2CCCN(c3ncc(C(N)=O)cc3Cl)C2)n1. The van der Waals surface area contributed by atoms with E-state index in [1.54, 1.807) is 6.07 Å². The van der Waals surface area contributed by atoms with E-state index in [0.717, 1.165) is 44.1 Å². The Bertz CT molecular complexity index is 759. The number of carbonyl (C=O) groups is 1. The monoisotopic (exact) mass is 348 g/mol. The van der Waals surface area contributed by atoms with E-state index < -0.39 is 5.91 Å². The molecule has 1 atom stereocenters. The van der Waals surface area contributed by atoms with E-state index in [0.29, 0.717) is 22.3 Å². The zero-order valence-corrected chi connectivity index (χ0v) is 14.6. The van der Waals surface area contributed by atoms with Crippen LogP contribution in [0.1, 0.15) is 34.8 Å². The van der Waals surface area contributed by atoms with Crippen LogP contribution in [-0.2, 0) is 6.54 Å². The van der Waals surface area contributed by atoms with E-state index in [9.17, 15) is 4.79 Å². The lowest BCUT2D eigenvalue weighted by Crippen LogP contribution is -2.38. The third-order valence-corrected chi connectivity index (χ3v) is 4.60. The molecule has 0 aromatic carbocycles. The van der Waals surface area contributed by atoms with Crippen molar-refractivity contribution in [3.05, 3.63) is 34.5 Å². The van der Waals surface area contributed by atoms with Crippen molar-refractivity contribution >= 4 is 23.3 Å². The van der Waals surface area contributed by atoms with Crippen LogP contribution in [0.25, 0.3) is 0 Å². The summed E-state index contributed by atoms with van der Waals surface area (Å²) in [6.45, 7) is 6.46. The van der Waals surface area contributed by atoms with Gasteiger partial charge in [0, 0.05) is 25.8 Å². The molecule has 24 heavy (non-hydrogen) atoms. The zero-order valence-electron chi connectivity index (χ0n) is 13.9. The number of aryl methyl sites for hydroxylation is 2. The number of halogens is 1. The lowest BCUT2D eigenvalue weighted by atomic mass is 9.98. The summed E-state index contributed by atoms with van der Waals surface area (Å²) in [5, 5.41) is 4.90. The minimum atomic E-state index is -0.524. The maximum absolute atomic E-state index is 11.2. The fourth-order valence-corrected chi connectivity index (χ4v) is 3.47. The van der Waals surface area contributed by atoms with Crippen LogP contribution in [0.3, 0.4) is 0 Å². The van der Waals surface area contributed by atoms with Gasteiger partial charge in [0.05, 0.1) is 10.6 Å². The highest BCUT2D eigenvalue weighted by molar-refractivity contribution is 6.33. The minimum absolute atomic E-state index is 0.325. The lowest BCUT2D eigenvalue weighted by Gasteiger charge is -2.34. The van der Waals surface area contributed by atoms with Gasteiger partial charge >= 0.3 is 0 Å². The molecule has 1 aliphatic heterocycles. The number of amides is 1. The Morgan fingerprint density at radius 2 is 2.25 bits per heavy atom. The Kier molecular flexibility index (Phi) is 4.71. The summed E-state index contributed by atoms with van der Waals surface area (Å²) in [5.41, 5.74) is 5.59. The van der Waals surface area contributed by atoms with Crippen molar-refractivity contribution in [2.24, 2.45) is 11.7 Å². The van der Waals surface area contributed by atoms with Crippen LogP contribution in [0.5, 0.6) is 0 Å². The van der Waals surface area contributed by atoms with Gasteiger partial charge in [-0.1, -0.05) is 11.6 Å². The lowest BCUT2D eigenvalue weighted by molar-refractivity contribution is 0.1000. The quantitative estimate of drug-likeness (QED) is 0.912. The standard InChI is InChI=1S/C16H21ClN6O/c1-10-20-11(2)23(21-10)9-12-4-3-5-22(8-12)16-14(17)6-13(7-19-16)15(18)24/h6-7,12H,3-5,8-9H2,1-2H3,(H2,18,24). The van der Waals surface area contributed by atoms with Gasteiger partial charge in [0.15, 0.2) is 0 Å². The van der Waals surface area contributed by atoms with Gasteiger partial charge in [0.1, 0.15) is 17.5 Å². The highest BCUT2D eigenvalue weighted by atomic mass is 35.5. The summed E-state index contributed by atoms with van der Waals surface area (Å²) in [6.07, 6.45) is 3.68. The predicted molar refractivity (Wildman–Crippen MR) is 92.2 cm³/mol. The molecular weight excluding hydrogens is 328 g/mol. The summed E-state index contributed by atoms with van der Waals surface area (Å²) in [4.78, 5) is 22.1. The molecule has 0 aliphatic carbocycles. The second-order valence-corrected chi connectivity index (χ2v) is 6.64. The molecule has 1 fully saturated rings. The number of aromatic nitrogens is 4. The van der Waals surface area contributed by atoms with Gasteiger partial charge in [0.2, 0.25) is 5.91 Å². The van der Waals surface area contributed by atoms with Crippen LogP contribution < -0.4 is 10.6 Å². The fraction of sp³-hybridized carbons (Fsp3) is 0.500. The first-order valence-corrected chi connectivity index (χ1v) is 8.40. The largest absolute Gasteiger partial charge is 0.366 e. The highest BCUT2D eigenvalue weighted by Crippen LogP contribution is 2.29. The summed E-state index contributed by atoms with van der Waals surface area (Å²) >= 11 is 6.30. The first-order chi connectivity index (χ1) is 11.4. The van der Waals surface area contributed by atoms with Gasteiger partial charge < -0.3 is 10.6 Å². The first-order valence-electron chi connectivity index (χ1n) is 8.02. The molecule has 128 valence electrons. The van der Waals surface area contributed by atoms with Crippen LogP contribution in [-0.4, -0.2) is 38.7 Å². The smallest absolute Gasteiger partial charge is 0.250 e. The molecule has 3 heterocycles. The fourth-order valence-electron chi connectivity index (χ4n) is 3.18. The molecule has 0 saturated carbocycles. The van der Waals surface area contributed by atoms with E-state index >= 15 is 0 Å². The van der Waals surface area contributed by atoms with E-state index in [-0.39, 0.29) is 0 Å². The number of hydrogen-bond donors (Lipinski definition) is 1. The number of carbonyl (C=O) groups excluding carboxylic acids is 1. The van der Waals surface area contributed by atoms with Crippen LogP contribution in [0.2, 0.25) is 5.02 Å². The van der Waals surface area contributed by atoms with E-state index in [2.05, 4.69) is 20.0 Å². The zero-order chi connectivity index (χ0) is 17.3. The summed E-state index contributed by atoms with van der Waals surface area (Å²) in [7, 11) is 0. The number of nitrogens with zero attached hydrogens (tertiary/aromatic N) is 5. The van der Waals surface area contributed by atoms with E-state index in [1.807, 2.05) is 18.5 Å². The van der Waals surface area contributed by atoms with Gasteiger partial charge in [-0.05, 0) is 38.7 Å². The highest BCUT2D eigenvalue weighted by Gasteiger charge is 2.24. The van der Waals surface area contributed by atoms with Gasteiger partial charge in [-0.3, -0.25) is 4.79 Å². The van der Waals surface area contributed by atoms with Crippen molar-refractivity contribution in [3.63, 3.8) is 0 Å². The van der Waals surface area contributed by atoms with Crippen molar-refractivity contribution < 1.29 is 4.79 Å². The Morgan fingerprint density at radius 1 is 1.46 bits per heavy atom. The van der Waals surface area contributed by atoms with Crippen molar-refractivity contribution in [3.8, 4) is 0 Å². The summed E-state index contributed by atoms with van der Waals surface area (Å²) in [5.74, 6) is 2.37. The van der Waals surface area contributed by atoms with Crippen molar-refractivity contribution in [2.45, 2.75) is 33.2 Å². The maximum atomic E-state index is 11.2. The number of piperidine rings is 1. The number of pyridine rings is 1. The molecule has 8 heteroatoms. The van der Waals surface area contributed by atoms with Crippen LogP contribution in [0.15, 0.2) is 12.3 Å². The van der Waals surface area contributed by atoms with Gasteiger partial charge in [0.25, 0.3) is 0 Å². The second kappa shape index (κ2) is 6.76. The second-order valence-electron chi connectivity index (χ2n) is 6.24. The molecule has 1 saturated heterocycles. The van der Waals surface area contributed by atoms with Crippen LogP contribution >= 0.6 is 11.6 Å². The molecule has 0 radical (unpaired) electrons. The molecule has 7 nitrogen and oxygen atoms in total. The number of primary amides is 1. The number of anilines is 1. The number of hydrogen-bond acceptors (Lipinski definition) is 5. The van der Waals surface area contributed by atoms with E-state index in [4.69, 9.17) is 17.3 Å². The van der Waals surface area contributed by atoms with Crippen LogP contribution in [0, 0.1) is 19.8 Å². The predicted octanol–water partition coefficient (Wildman–Crippen LogP) is 1.96. The number of nitrogens with two attached hydrogens (primary N) is 1. The van der Waals surface area contributed by atoms with Gasteiger partial charge in [-0.25, -0.2) is 14.6 Å². The molecule has 2 aromatic heterocycles. The third kappa shape index (κ3) is 3.51. The maximum Gasteiger partial charge on any atom is 0.250 e. The molecular formula is C16H21ClN6O. The average molecular weight is 349 g/mol. The Hall–Kier alpha value is -2.15. The summed E-state index contributed by atoms with van der Waals surface area (Å²) < 4.78 is 1.97. The average Bonchev–Trinajstić information content (AvgIpc) is 2.85. The molecule has 1 amide bonds. The van der Waals surface area contributed by atoms with Crippen molar-refractivity contribution in [2.75, 3.05) is 18.0 Å². The summed E-state index contributed by atoms with van der Waals surface area (Å²) in [6, 6.07) is 1.58. The topological polar surface area (TPSA) is 89.9 Å². The Labute approximate surface area is 145 Å². The van der Waals surface area contributed by atoms with Crippen molar-refractivity contribution in [1.29, 1.82) is 0 Å². The van der Waals surface area contributed by atoms with E-state index in [1.165, 1.54) is 6.20 Å². The molecule has 2 aromatic rings. The third-order valence-electron chi connectivity index (χ3n) is 4.32. The van der Waals surface area contributed by atoms with Gasteiger partial charge in [-0.15, -0.1) is 0 Å². The molecule has 3 rings (SSSR count). The first kappa shape index (κ1) is 16.7.